The van der Waals surface area contributed by atoms with Gasteiger partial charge in [-0.05, 0) is 38.1 Å². The fourth-order valence-electron chi connectivity index (χ4n) is 1.97. The number of benzene rings is 1. The summed E-state index contributed by atoms with van der Waals surface area (Å²) in [5, 5.41) is 10.9. The van der Waals surface area contributed by atoms with Crippen LogP contribution >= 0.6 is 0 Å². The van der Waals surface area contributed by atoms with Crippen molar-refractivity contribution >= 4 is 17.9 Å². The lowest BCUT2D eigenvalue weighted by Gasteiger charge is -2.13. The van der Waals surface area contributed by atoms with Crippen LogP contribution in [0.1, 0.15) is 24.2 Å². The molecule has 0 aliphatic heterocycles. The minimum atomic E-state index is -1.19. The highest BCUT2D eigenvalue weighted by molar-refractivity contribution is 6.00. The van der Waals surface area contributed by atoms with Crippen molar-refractivity contribution in [1.29, 1.82) is 0 Å². The van der Waals surface area contributed by atoms with Gasteiger partial charge in [-0.2, -0.15) is 5.10 Å². The van der Waals surface area contributed by atoms with E-state index in [-0.39, 0.29) is 5.56 Å². The summed E-state index contributed by atoms with van der Waals surface area (Å²) in [5.41, 5.74) is 0.955. The molecule has 1 aromatic heterocycles. The van der Waals surface area contributed by atoms with E-state index in [1.807, 2.05) is 0 Å². The molecule has 9 heteroatoms. The minimum Gasteiger partial charge on any atom is -0.449 e. The molecule has 132 valence electrons. The van der Waals surface area contributed by atoms with Gasteiger partial charge >= 0.3 is 12.0 Å². The van der Waals surface area contributed by atoms with E-state index in [0.717, 1.165) is 0 Å². The quantitative estimate of drug-likeness (QED) is 0.711. The van der Waals surface area contributed by atoms with Gasteiger partial charge in [0.15, 0.2) is 6.10 Å². The van der Waals surface area contributed by atoms with Crippen molar-refractivity contribution in [2.24, 2.45) is 0 Å². The fourth-order valence-corrected chi connectivity index (χ4v) is 1.97. The number of rotatable bonds is 5. The van der Waals surface area contributed by atoms with Crippen LogP contribution in [0.15, 0.2) is 30.5 Å². The minimum absolute atomic E-state index is 0.0873. The molecule has 0 bridgehead atoms. The van der Waals surface area contributed by atoms with Crippen molar-refractivity contribution in [1.82, 2.24) is 20.8 Å². The second kappa shape index (κ2) is 8.04. The molecule has 8 nitrogen and oxygen atoms in total. The molecule has 3 N–H and O–H groups in total. The predicted molar refractivity (Wildman–Crippen MR) is 86.1 cm³/mol. The van der Waals surface area contributed by atoms with Crippen molar-refractivity contribution in [3.63, 3.8) is 0 Å². The number of urea groups is 1. The smallest absolute Gasteiger partial charge is 0.342 e. The number of esters is 1. The third-order valence-corrected chi connectivity index (χ3v) is 3.22. The van der Waals surface area contributed by atoms with E-state index >= 15 is 0 Å². The Morgan fingerprint density at radius 1 is 1.28 bits per heavy atom. The number of hydrogen-bond donors (Lipinski definition) is 3. The van der Waals surface area contributed by atoms with Crippen molar-refractivity contribution in [3.8, 4) is 11.3 Å². The van der Waals surface area contributed by atoms with Crippen LogP contribution in [0, 0.1) is 5.82 Å². The van der Waals surface area contributed by atoms with Crippen LogP contribution in [0.2, 0.25) is 0 Å². The molecule has 2 rings (SSSR count). The van der Waals surface area contributed by atoms with E-state index in [0.29, 0.717) is 17.8 Å². The molecule has 25 heavy (non-hydrogen) atoms. The first-order valence-corrected chi connectivity index (χ1v) is 7.51. The summed E-state index contributed by atoms with van der Waals surface area (Å²) in [6.07, 6.45) is 0.0567. The maximum Gasteiger partial charge on any atom is 0.342 e. The molecule has 2 aromatic rings. The van der Waals surface area contributed by atoms with Gasteiger partial charge in [0.05, 0.1) is 11.9 Å². The second-order valence-electron chi connectivity index (χ2n) is 5.06. The van der Waals surface area contributed by atoms with Gasteiger partial charge in [-0.1, -0.05) is 0 Å². The molecule has 1 unspecified atom stereocenters. The number of nitrogens with one attached hydrogen (secondary N) is 3. The molecule has 0 saturated carbocycles. The lowest BCUT2D eigenvalue weighted by atomic mass is 10.1. The standard InChI is InChI=1S/C16H17FN4O4/c1-3-18-16(24)20-14(22)9(2)25-15(23)12-8-19-21-13(12)10-4-6-11(17)7-5-10/h4-9H,3H2,1-2H3,(H,19,21)(H2,18,20,22,24). The average Bonchev–Trinajstić information content (AvgIpc) is 3.05. The maximum absolute atomic E-state index is 13.0. The molecule has 1 aromatic carbocycles. The molecule has 0 aliphatic rings. The molecular weight excluding hydrogens is 331 g/mol. The number of imide groups is 1. The Balaban J connectivity index is 2.06. The highest BCUT2D eigenvalue weighted by Gasteiger charge is 2.23. The highest BCUT2D eigenvalue weighted by atomic mass is 19.1. The summed E-state index contributed by atoms with van der Waals surface area (Å²) in [6, 6.07) is 4.77. The molecule has 0 radical (unpaired) electrons. The van der Waals surface area contributed by atoms with Gasteiger partial charge in [0, 0.05) is 12.1 Å². The Hall–Kier alpha value is -3.23. The molecule has 1 heterocycles. The third kappa shape index (κ3) is 4.63. The zero-order valence-corrected chi connectivity index (χ0v) is 13.6. The summed E-state index contributed by atoms with van der Waals surface area (Å²) in [5.74, 6) is -1.97. The van der Waals surface area contributed by atoms with Crippen molar-refractivity contribution in [2.45, 2.75) is 20.0 Å². The summed E-state index contributed by atoms with van der Waals surface area (Å²) in [7, 11) is 0. The number of carbonyl (C=O) groups excluding carboxylic acids is 3. The Morgan fingerprint density at radius 2 is 1.96 bits per heavy atom. The topological polar surface area (TPSA) is 113 Å². The lowest BCUT2D eigenvalue weighted by Crippen LogP contribution is -2.44. The van der Waals surface area contributed by atoms with Crippen molar-refractivity contribution in [2.75, 3.05) is 6.54 Å². The molecule has 0 fully saturated rings. The maximum atomic E-state index is 13.0. The largest absolute Gasteiger partial charge is 0.449 e. The van der Waals surface area contributed by atoms with Gasteiger partial charge < -0.3 is 10.1 Å². The monoisotopic (exact) mass is 348 g/mol. The van der Waals surface area contributed by atoms with Gasteiger partial charge in [0.1, 0.15) is 11.4 Å². The Kier molecular flexibility index (Phi) is 5.83. The number of nitrogens with zero attached hydrogens (tertiary/aromatic N) is 1. The number of H-pyrrole nitrogens is 1. The number of halogens is 1. The Morgan fingerprint density at radius 3 is 2.60 bits per heavy atom. The van der Waals surface area contributed by atoms with Gasteiger partial charge in [-0.15, -0.1) is 0 Å². The lowest BCUT2D eigenvalue weighted by molar-refractivity contribution is -0.127. The first kappa shape index (κ1) is 18.1. The fraction of sp³-hybridized carbons (Fsp3) is 0.250. The normalized spacial score (nSPS) is 11.5. The second-order valence-corrected chi connectivity index (χ2v) is 5.06. The predicted octanol–water partition coefficient (Wildman–Crippen LogP) is 1.61. The summed E-state index contributed by atoms with van der Waals surface area (Å²) >= 11 is 0. The summed E-state index contributed by atoms with van der Waals surface area (Å²) in [4.78, 5) is 35.4. The molecule has 3 amide bonds. The van der Waals surface area contributed by atoms with Crippen LogP contribution in [-0.4, -0.2) is 40.8 Å². The number of carbonyl (C=O) groups is 3. The van der Waals surface area contributed by atoms with Gasteiger partial charge in [-0.3, -0.25) is 15.2 Å². The van der Waals surface area contributed by atoms with Crippen molar-refractivity contribution in [3.05, 3.63) is 41.8 Å². The van der Waals surface area contributed by atoms with E-state index in [9.17, 15) is 18.8 Å². The average molecular weight is 348 g/mol. The van der Waals surface area contributed by atoms with E-state index in [1.54, 1.807) is 6.92 Å². The van der Waals surface area contributed by atoms with Gasteiger partial charge in [-0.25, -0.2) is 14.0 Å². The van der Waals surface area contributed by atoms with Crippen LogP contribution in [0.25, 0.3) is 11.3 Å². The van der Waals surface area contributed by atoms with Crippen LogP contribution in [0.3, 0.4) is 0 Å². The van der Waals surface area contributed by atoms with Crippen LogP contribution < -0.4 is 10.6 Å². The van der Waals surface area contributed by atoms with E-state index in [1.165, 1.54) is 37.4 Å². The molecule has 0 aliphatic carbocycles. The van der Waals surface area contributed by atoms with Crippen LogP contribution in [0.5, 0.6) is 0 Å². The molecule has 1 atom stereocenters. The van der Waals surface area contributed by atoms with Crippen LogP contribution in [-0.2, 0) is 9.53 Å². The van der Waals surface area contributed by atoms with E-state index in [4.69, 9.17) is 4.74 Å². The number of aromatic amines is 1. The SMILES string of the molecule is CCNC(=O)NC(=O)C(C)OC(=O)c1cn[nH]c1-c1ccc(F)cc1. The van der Waals surface area contributed by atoms with Crippen molar-refractivity contribution < 1.29 is 23.5 Å². The first-order chi connectivity index (χ1) is 11.9. The zero-order valence-electron chi connectivity index (χ0n) is 13.6. The number of hydrogen-bond acceptors (Lipinski definition) is 5. The first-order valence-electron chi connectivity index (χ1n) is 7.51. The highest BCUT2D eigenvalue weighted by Crippen LogP contribution is 2.22. The Labute approximate surface area is 142 Å². The van der Waals surface area contributed by atoms with Gasteiger partial charge in [0.25, 0.3) is 5.91 Å². The van der Waals surface area contributed by atoms with E-state index in [2.05, 4.69) is 20.8 Å². The third-order valence-electron chi connectivity index (χ3n) is 3.22. The number of aromatic nitrogens is 2. The summed E-state index contributed by atoms with van der Waals surface area (Å²) < 4.78 is 18.1. The number of amides is 3. The molecular formula is C16H17FN4O4. The summed E-state index contributed by atoms with van der Waals surface area (Å²) in [6.45, 7) is 3.39. The van der Waals surface area contributed by atoms with Crippen LogP contribution in [0.4, 0.5) is 9.18 Å². The zero-order chi connectivity index (χ0) is 18.4. The molecule has 0 saturated heterocycles. The van der Waals surface area contributed by atoms with E-state index < -0.39 is 29.8 Å². The molecule has 0 spiro atoms. The van der Waals surface area contributed by atoms with Gasteiger partial charge in [0.2, 0.25) is 0 Å². The Bertz CT molecular complexity index is 773. The number of ether oxygens (including phenoxy) is 1.